The molecule has 0 atom stereocenters. The molecule has 0 spiro atoms. The van der Waals surface area contributed by atoms with Crippen molar-refractivity contribution in [1.29, 1.82) is 0 Å². The van der Waals surface area contributed by atoms with E-state index in [1.165, 1.54) is 25.7 Å². The zero-order valence-corrected chi connectivity index (χ0v) is 9.74. The lowest BCUT2D eigenvalue weighted by molar-refractivity contribution is 0.361. The Morgan fingerprint density at radius 2 is 1.88 bits per heavy atom. The van der Waals surface area contributed by atoms with Crippen LogP contribution in [0, 0.1) is 5.92 Å². The molecule has 0 unspecified atom stereocenters. The Kier molecular flexibility index (Phi) is 3.17. The third kappa shape index (κ3) is 2.56. The number of anilines is 3. The molecule has 0 bridgehead atoms. The van der Waals surface area contributed by atoms with Gasteiger partial charge in [0.25, 0.3) is 0 Å². The summed E-state index contributed by atoms with van der Waals surface area (Å²) in [5.74, 6) is 2.11. The van der Waals surface area contributed by atoms with Crippen LogP contribution >= 0.6 is 0 Å². The fourth-order valence-electron chi connectivity index (χ4n) is 2.18. The normalized spacial score (nSPS) is 25.3. The van der Waals surface area contributed by atoms with Crippen LogP contribution in [0.1, 0.15) is 32.6 Å². The third-order valence-corrected chi connectivity index (χ3v) is 3.33. The van der Waals surface area contributed by atoms with Crippen molar-refractivity contribution >= 4 is 17.3 Å². The largest absolute Gasteiger partial charge is 0.396 e. The van der Waals surface area contributed by atoms with Crippen LogP contribution in [0.15, 0.2) is 12.1 Å². The minimum absolute atomic E-state index is 0.411. The molecule has 2 rings (SSSR count). The van der Waals surface area contributed by atoms with E-state index in [2.05, 4.69) is 17.2 Å². The zero-order valence-electron chi connectivity index (χ0n) is 9.74. The predicted octanol–water partition coefficient (Wildman–Crippen LogP) is 2.24. The zero-order chi connectivity index (χ0) is 11.5. The average Bonchev–Trinajstić information content (AvgIpc) is 2.27. The first kappa shape index (κ1) is 11.0. The van der Waals surface area contributed by atoms with Gasteiger partial charge in [0.15, 0.2) is 0 Å². The van der Waals surface area contributed by atoms with E-state index in [1.54, 1.807) is 6.07 Å². The topological polar surface area (TPSA) is 77.0 Å². The van der Waals surface area contributed by atoms with Crippen LogP contribution in [-0.2, 0) is 0 Å². The van der Waals surface area contributed by atoms with Gasteiger partial charge >= 0.3 is 0 Å². The number of hydrogen-bond donors (Lipinski definition) is 3. The first-order valence-electron chi connectivity index (χ1n) is 5.93. The van der Waals surface area contributed by atoms with Gasteiger partial charge in [-0.3, -0.25) is 0 Å². The maximum atomic E-state index is 5.67. The molecule has 1 aromatic heterocycles. The van der Waals surface area contributed by atoms with Gasteiger partial charge in [-0.15, -0.1) is 0 Å². The van der Waals surface area contributed by atoms with Crippen molar-refractivity contribution in [1.82, 2.24) is 4.98 Å². The number of hydrogen-bond acceptors (Lipinski definition) is 4. The van der Waals surface area contributed by atoms with E-state index in [-0.39, 0.29) is 0 Å². The molecule has 88 valence electrons. The highest BCUT2D eigenvalue weighted by Crippen LogP contribution is 2.26. The smallest absolute Gasteiger partial charge is 0.149 e. The van der Waals surface area contributed by atoms with E-state index in [1.807, 2.05) is 6.07 Å². The predicted molar refractivity (Wildman–Crippen MR) is 68.1 cm³/mol. The Morgan fingerprint density at radius 1 is 1.19 bits per heavy atom. The van der Waals surface area contributed by atoms with Gasteiger partial charge in [0, 0.05) is 6.04 Å². The Morgan fingerprint density at radius 3 is 2.50 bits per heavy atom. The van der Waals surface area contributed by atoms with Gasteiger partial charge in [-0.05, 0) is 43.7 Å². The standard InChI is InChI=1S/C12H20N4/c1-8-2-4-9(5-3-8)15-11-7-6-10(13)12(14)16-11/h6-9H,2-5,13H2,1H3,(H3,14,15,16). The highest BCUT2D eigenvalue weighted by molar-refractivity contribution is 5.61. The average molecular weight is 220 g/mol. The van der Waals surface area contributed by atoms with Crippen molar-refractivity contribution in [2.24, 2.45) is 5.92 Å². The van der Waals surface area contributed by atoms with Gasteiger partial charge in [-0.1, -0.05) is 6.92 Å². The van der Waals surface area contributed by atoms with Crippen LogP contribution in [-0.4, -0.2) is 11.0 Å². The van der Waals surface area contributed by atoms with Crippen LogP contribution in [0.25, 0.3) is 0 Å². The molecular formula is C12H20N4. The first-order chi connectivity index (χ1) is 7.65. The number of nitrogens with one attached hydrogen (secondary N) is 1. The molecule has 1 aliphatic carbocycles. The van der Waals surface area contributed by atoms with E-state index in [0.29, 0.717) is 17.5 Å². The molecule has 0 amide bonds. The Balaban J connectivity index is 1.96. The number of aromatic nitrogens is 1. The van der Waals surface area contributed by atoms with Crippen molar-refractivity contribution in [3.05, 3.63) is 12.1 Å². The molecule has 0 aromatic carbocycles. The fraction of sp³-hybridized carbons (Fsp3) is 0.583. The highest BCUT2D eigenvalue weighted by atomic mass is 15.0. The molecule has 1 aliphatic rings. The maximum absolute atomic E-state index is 5.67. The quantitative estimate of drug-likeness (QED) is 0.714. The van der Waals surface area contributed by atoms with Crippen molar-refractivity contribution in [2.45, 2.75) is 38.6 Å². The summed E-state index contributed by atoms with van der Waals surface area (Å²) in [4.78, 5) is 4.23. The van der Waals surface area contributed by atoms with E-state index < -0.39 is 0 Å². The molecule has 1 saturated carbocycles. The lowest BCUT2D eigenvalue weighted by Crippen LogP contribution is -2.25. The van der Waals surface area contributed by atoms with Crippen LogP contribution < -0.4 is 16.8 Å². The lowest BCUT2D eigenvalue weighted by atomic mass is 9.87. The molecule has 0 saturated heterocycles. The summed E-state index contributed by atoms with van der Waals surface area (Å²) in [5, 5.41) is 3.42. The van der Waals surface area contributed by atoms with Gasteiger partial charge in [0.05, 0.1) is 5.69 Å². The number of pyridine rings is 1. The summed E-state index contributed by atoms with van der Waals surface area (Å²) in [6, 6.07) is 4.23. The molecule has 1 aromatic rings. The number of rotatable bonds is 2. The molecule has 0 radical (unpaired) electrons. The summed E-state index contributed by atoms with van der Waals surface area (Å²) < 4.78 is 0. The van der Waals surface area contributed by atoms with Crippen LogP contribution in [0.5, 0.6) is 0 Å². The highest BCUT2D eigenvalue weighted by Gasteiger charge is 2.18. The number of nitrogen functional groups attached to an aromatic ring is 2. The van der Waals surface area contributed by atoms with E-state index in [9.17, 15) is 0 Å². The van der Waals surface area contributed by atoms with E-state index in [4.69, 9.17) is 11.5 Å². The summed E-state index contributed by atoms with van der Waals surface area (Å²) >= 11 is 0. The molecule has 1 heterocycles. The van der Waals surface area contributed by atoms with Gasteiger partial charge in [-0.25, -0.2) is 4.98 Å². The van der Waals surface area contributed by atoms with Gasteiger partial charge < -0.3 is 16.8 Å². The minimum Gasteiger partial charge on any atom is -0.396 e. The van der Waals surface area contributed by atoms with Crippen molar-refractivity contribution < 1.29 is 0 Å². The Hall–Kier alpha value is -1.45. The molecule has 16 heavy (non-hydrogen) atoms. The summed E-state index contributed by atoms with van der Waals surface area (Å²) in [6.07, 6.45) is 5.02. The second-order valence-electron chi connectivity index (χ2n) is 4.77. The Bertz CT molecular complexity index is 356. The van der Waals surface area contributed by atoms with Crippen LogP contribution in [0.2, 0.25) is 0 Å². The molecule has 4 nitrogen and oxygen atoms in total. The second-order valence-corrected chi connectivity index (χ2v) is 4.77. The maximum Gasteiger partial charge on any atom is 0.149 e. The van der Waals surface area contributed by atoms with Gasteiger partial charge in [0.2, 0.25) is 0 Å². The summed E-state index contributed by atoms with van der Waals surface area (Å²) in [7, 11) is 0. The SMILES string of the molecule is CC1CCC(Nc2ccc(N)c(N)n2)CC1. The lowest BCUT2D eigenvalue weighted by Gasteiger charge is -2.27. The Labute approximate surface area is 96.4 Å². The van der Waals surface area contributed by atoms with Gasteiger partial charge in [-0.2, -0.15) is 0 Å². The van der Waals surface area contributed by atoms with Crippen LogP contribution in [0.3, 0.4) is 0 Å². The molecular weight excluding hydrogens is 200 g/mol. The molecule has 4 heteroatoms. The van der Waals surface area contributed by atoms with Crippen molar-refractivity contribution in [3.63, 3.8) is 0 Å². The van der Waals surface area contributed by atoms with Gasteiger partial charge in [0.1, 0.15) is 11.6 Å². The summed E-state index contributed by atoms with van der Waals surface area (Å²) in [6.45, 7) is 2.32. The molecule has 1 fully saturated rings. The number of nitrogens with zero attached hydrogens (tertiary/aromatic N) is 1. The van der Waals surface area contributed by atoms with Crippen molar-refractivity contribution in [2.75, 3.05) is 16.8 Å². The third-order valence-electron chi connectivity index (χ3n) is 3.33. The second kappa shape index (κ2) is 4.60. The van der Waals surface area contributed by atoms with E-state index >= 15 is 0 Å². The molecule has 0 aliphatic heterocycles. The minimum atomic E-state index is 0.411. The van der Waals surface area contributed by atoms with E-state index in [0.717, 1.165) is 11.7 Å². The monoisotopic (exact) mass is 220 g/mol. The molecule has 5 N–H and O–H groups in total. The van der Waals surface area contributed by atoms with Crippen molar-refractivity contribution in [3.8, 4) is 0 Å². The fourth-order valence-corrected chi connectivity index (χ4v) is 2.18. The first-order valence-corrected chi connectivity index (χ1v) is 5.93. The summed E-state index contributed by atoms with van der Waals surface area (Å²) in [5.41, 5.74) is 11.8. The number of nitrogens with two attached hydrogens (primary N) is 2. The van der Waals surface area contributed by atoms with Crippen LogP contribution in [0.4, 0.5) is 17.3 Å².